The molecular formula is C27H24N4O3S. The molecular weight excluding hydrogens is 460 g/mol. The van der Waals surface area contributed by atoms with Gasteiger partial charge in [0.05, 0.1) is 34.0 Å². The van der Waals surface area contributed by atoms with E-state index >= 15 is 0 Å². The Labute approximate surface area is 207 Å². The van der Waals surface area contributed by atoms with Crippen molar-refractivity contribution in [2.24, 2.45) is 0 Å². The average Bonchev–Trinajstić information content (AvgIpc) is 3.26. The van der Waals surface area contributed by atoms with E-state index in [9.17, 15) is 14.9 Å². The number of esters is 1. The molecule has 0 spiro atoms. The van der Waals surface area contributed by atoms with Crippen LogP contribution in [0.3, 0.4) is 0 Å². The van der Waals surface area contributed by atoms with Crippen LogP contribution in [0.15, 0.2) is 65.7 Å². The predicted octanol–water partition coefficient (Wildman–Crippen LogP) is 5.23. The van der Waals surface area contributed by atoms with Crippen LogP contribution in [0.4, 0.5) is 5.69 Å². The Morgan fingerprint density at radius 3 is 2.66 bits per heavy atom. The molecule has 0 aliphatic heterocycles. The molecule has 0 bridgehead atoms. The number of nitriles is 1. The maximum atomic E-state index is 12.7. The highest BCUT2D eigenvalue weighted by Gasteiger charge is 2.17. The fourth-order valence-corrected chi connectivity index (χ4v) is 4.61. The number of pyridine rings is 1. The molecule has 0 saturated heterocycles. The number of aryl methyl sites for hydroxylation is 1. The van der Waals surface area contributed by atoms with E-state index in [1.165, 1.54) is 17.8 Å². The van der Waals surface area contributed by atoms with Crippen LogP contribution in [-0.4, -0.2) is 33.6 Å². The van der Waals surface area contributed by atoms with Gasteiger partial charge in [-0.05, 0) is 60.9 Å². The van der Waals surface area contributed by atoms with Crippen LogP contribution in [-0.2, 0) is 20.7 Å². The number of rotatable bonds is 8. The number of aromatic nitrogens is 2. The summed E-state index contributed by atoms with van der Waals surface area (Å²) in [7, 11) is 0. The van der Waals surface area contributed by atoms with Crippen LogP contribution < -0.4 is 5.32 Å². The van der Waals surface area contributed by atoms with Gasteiger partial charge in [-0.25, -0.2) is 9.78 Å². The average molecular weight is 485 g/mol. The summed E-state index contributed by atoms with van der Waals surface area (Å²) >= 11 is 1.40. The highest BCUT2D eigenvalue weighted by molar-refractivity contribution is 7.99. The lowest BCUT2D eigenvalue weighted by atomic mass is 10.1. The van der Waals surface area contributed by atoms with Crippen molar-refractivity contribution >= 4 is 52.1 Å². The quantitative estimate of drug-likeness (QED) is 0.209. The standard InChI is InChI=1S/C27H24N4O3S/c1-3-19-15-25(31-23-8-6-5-7-22(23)30-27(31)21(19)16-28)35-17-24(32)29-20-12-9-18(10-13-20)11-14-26(33)34-4-2/h5-15H,3-4,17H2,1-2H3,(H,29,32)/b14-11+. The molecule has 7 nitrogen and oxygen atoms in total. The lowest BCUT2D eigenvalue weighted by Gasteiger charge is -2.11. The zero-order valence-corrected chi connectivity index (χ0v) is 20.3. The molecule has 0 aliphatic carbocycles. The summed E-state index contributed by atoms with van der Waals surface area (Å²) in [5.41, 5.74) is 5.28. The Balaban J connectivity index is 1.50. The molecule has 4 rings (SSSR count). The lowest BCUT2D eigenvalue weighted by molar-refractivity contribution is -0.137. The first-order valence-electron chi connectivity index (χ1n) is 11.2. The van der Waals surface area contributed by atoms with Gasteiger partial charge in [-0.15, -0.1) is 0 Å². The van der Waals surface area contributed by atoms with Crippen LogP contribution in [0.1, 0.15) is 30.5 Å². The maximum Gasteiger partial charge on any atom is 0.330 e. The van der Waals surface area contributed by atoms with Gasteiger partial charge in [0, 0.05) is 11.8 Å². The highest BCUT2D eigenvalue weighted by Crippen LogP contribution is 2.30. The van der Waals surface area contributed by atoms with E-state index in [0.717, 1.165) is 27.2 Å². The first-order chi connectivity index (χ1) is 17.0. The number of carbonyl (C=O) groups excluding carboxylic acids is 2. The number of nitrogens with zero attached hydrogens (tertiary/aromatic N) is 3. The normalized spacial score (nSPS) is 11.1. The van der Waals surface area contributed by atoms with Crippen molar-refractivity contribution in [3.8, 4) is 6.07 Å². The number of hydrogen-bond donors (Lipinski definition) is 1. The summed E-state index contributed by atoms with van der Waals surface area (Å²) in [6.07, 6.45) is 3.73. The zero-order chi connectivity index (χ0) is 24.8. The number of nitrogens with one attached hydrogen (secondary N) is 1. The second-order valence-corrected chi connectivity index (χ2v) is 8.65. The number of carbonyl (C=O) groups is 2. The van der Waals surface area contributed by atoms with Gasteiger partial charge in [0.15, 0.2) is 5.65 Å². The Hall–Kier alpha value is -4.09. The number of hydrogen-bond acceptors (Lipinski definition) is 6. The third-order valence-electron chi connectivity index (χ3n) is 5.36. The zero-order valence-electron chi connectivity index (χ0n) is 19.4. The van der Waals surface area contributed by atoms with E-state index in [1.54, 1.807) is 25.1 Å². The molecule has 0 fully saturated rings. The summed E-state index contributed by atoms with van der Waals surface area (Å²) in [6.45, 7) is 4.09. The van der Waals surface area contributed by atoms with Crippen LogP contribution in [0.5, 0.6) is 0 Å². The molecule has 2 aromatic heterocycles. The van der Waals surface area contributed by atoms with Crippen LogP contribution in [0.25, 0.3) is 22.8 Å². The Morgan fingerprint density at radius 1 is 1.17 bits per heavy atom. The molecule has 4 aromatic rings. The van der Waals surface area contributed by atoms with Crippen LogP contribution >= 0.6 is 11.8 Å². The van der Waals surface area contributed by atoms with Crippen molar-refractivity contribution in [3.05, 3.63) is 77.4 Å². The van der Waals surface area contributed by atoms with E-state index < -0.39 is 5.97 Å². The first kappa shape index (κ1) is 24.0. The van der Waals surface area contributed by atoms with Gasteiger partial charge in [-0.1, -0.05) is 43.0 Å². The number of anilines is 1. The van der Waals surface area contributed by atoms with Crippen LogP contribution in [0, 0.1) is 11.3 Å². The third kappa shape index (κ3) is 5.36. The molecule has 35 heavy (non-hydrogen) atoms. The van der Waals surface area contributed by atoms with Gasteiger partial charge >= 0.3 is 5.97 Å². The van der Waals surface area contributed by atoms with E-state index in [4.69, 9.17) is 4.74 Å². The van der Waals surface area contributed by atoms with E-state index in [-0.39, 0.29) is 11.7 Å². The Morgan fingerprint density at radius 2 is 1.94 bits per heavy atom. The fraction of sp³-hybridized carbons (Fsp3) is 0.185. The second kappa shape index (κ2) is 10.9. The number of amides is 1. The van der Waals surface area contributed by atoms with Gasteiger partial charge < -0.3 is 10.1 Å². The summed E-state index contributed by atoms with van der Waals surface area (Å²) in [5, 5.41) is 13.5. The molecule has 0 aliphatic rings. The molecule has 0 saturated carbocycles. The predicted molar refractivity (Wildman–Crippen MR) is 138 cm³/mol. The minimum atomic E-state index is -0.393. The largest absolute Gasteiger partial charge is 0.463 e. The van der Waals surface area contributed by atoms with Crippen LogP contribution in [0.2, 0.25) is 0 Å². The maximum absolute atomic E-state index is 12.7. The smallest absolute Gasteiger partial charge is 0.330 e. The molecule has 176 valence electrons. The van der Waals surface area contributed by atoms with Gasteiger partial charge in [0.2, 0.25) is 5.91 Å². The van der Waals surface area contributed by atoms with Crippen molar-refractivity contribution < 1.29 is 14.3 Å². The fourth-order valence-electron chi connectivity index (χ4n) is 3.72. The number of benzene rings is 2. The number of ether oxygens (including phenoxy) is 1. The van der Waals surface area contributed by atoms with Gasteiger partial charge in [0.25, 0.3) is 0 Å². The summed E-state index contributed by atoms with van der Waals surface area (Å²) in [6, 6.07) is 19.2. The SMILES string of the molecule is CCOC(=O)/C=C/c1ccc(NC(=O)CSc2cc(CC)c(C#N)c3nc4ccccc4n23)cc1. The van der Waals surface area contributed by atoms with Crippen molar-refractivity contribution in [2.75, 3.05) is 17.7 Å². The Kier molecular flexibility index (Phi) is 7.48. The van der Waals surface area contributed by atoms with Crippen molar-refractivity contribution in [2.45, 2.75) is 25.3 Å². The molecule has 8 heteroatoms. The molecule has 1 N–H and O–H groups in total. The van der Waals surface area contributed by atoms with E-state index in [1.807, 2.05) is 53.8 Å². The van der Waals surface area contributed by atoms with Crippen molar-refractivity contribution in [1.29, 1.82) is 5.26 Å². The Bertz CT molecular complexity index is 1470. The van der Waals surface area contributed by atoms with E-state index in [2.05, 4.69) is 16.4 Å². The number of fused-ring (bicyclic) bond motifs is 3. The molecule has 0 unspecified atom stereocenters. The van der Waals surface area contributed by atoms with E-state index in [0.29, 0.717) is 29.9 Å². The topological polar surface area (TPSA) is 96.5 Å². The molecule has 2 heterocycles. The summed E-state index contributed by atoms with van der Waals surface area (Å²) < 4.78 is 6.82. The van der Waals surface area contributed by atoms with Gasteiger partial charge in [-0.2, -0.15) is 5.26 Å². The van der Waals surface area contributed by atoms with Crippen molar-refractivity contribution in [3.63, 3.8) is 0 Å². The first-order valence-corrected chi connectivity index (χ1v) is 12.2. The number of imidazole rings is 1. The lowest BCUT2D eigenvalue weighted by Crippen LogP contribution is -2.14. The van der Waals surface area contributed by atoms with Gasteiger partial charge in [0.1, 0.15) is 6.07 Å². The molecule has 1 amide bonds. The molecule has 0 radical (unpaired) electrons. The number of para-hydroxylation sites is 2. The molecule has 0 atom stereocenters. The monoisotopic (exact) mass is 484 g/mol. The van der Waals surface area contributed by atoms with Crippen molar-refractivity contribution in [1.82, 2.24) is 9.38 Å². The summed E-state index contributed by atoms with van der Waals surface area (Å²) in [5.74, 6) is -0.346. The highest BCUT2D eigenvalue weighted by atomic mass is 32.2. The summed E-state index contributed by atoms with van der Waals surface area (Å²) in [4.78, 5) is 28.8. The second-order valence-electron chi connectivity index (χ2n) is 7.65. The molecule has 2 aromatic carbocycles. The van der Waals surface area contributed by atoms with Gasteiger partial charge in [-0.3, -0.25) is 9.20 Å². The minimum Gasteiger partial charge on any atom is -0.463 e. The number of thioether (sulfide) groups is 1. The third-order valence-corrected chi connectivity index (χ3v) is 6.36. The minimum absolute atomic E-state index is 0.148.